The van der Waals surface area contributed by atoms with E-state index in [4.69, 9.17) is 0 Å². The van der Waals surface area contributed by atoms with Crippen LogP contribution in [0.2, 0.25) is 0 Å². The van der Waals surface area contributed by atoms with Crippen molar-refractivity contribution in [1.82, 2.24) is 0 Å². The quantitative estimate of drug-likeness (QED) is 0.706. The first-order chi connectivity index (χ1) is 6.84. The van der Waals surface area contributed by atoms with Crippen LogP contribution in [-0.4, -0.2) is 22.4 Å². The van der Waals surface area contributed by atoms with Crippen molar-refractivity contribution in [3.05, 3.63) is 11.6 Å². The van der Waals surface area contributed by atoms with Gasteiger partial charge in [0.1, 0.15) is 0 Å². The number of allylic oxidation sites excluding steroid dienone is 1. The summed E-state index contributed by atoms with van der Waals surface area (Å²) in [7, 11) is 0. The van der Waals surface area contributed by atoms with Gasteiger partial charge in [-0.15, -0.1) is 0 Å². The highest BCUT2D eigenvalue weighted by Gasteiger charge is 2.37. The lowest BCUT2D eigenvalue weighted by Crippen LogP contribution is -2.38. The van der Waals surface area contributed by atoms with Crippen molar-refractivity contribution in [1.29, 1.82) is 0 Å². The molecule has 0 amide bonds. The molecule has 88 valence electrons. The number of hydrogen-bond acceptors (Lipinski definition) is 2. The summed E-state index contributed by atoms with van der Waals surface area (Å²) in [5.74, 6) is 0.195. The fourth-order valence-corrected chi connectivity index (χ4v) is 2.88. The smallest absolute Gasteiger partial charge is 0.0635 e. The zero-order chi connectivity index (χ0) is 11.6. The van der Waals surface area contributed by atoms with Gasteiger partial charge in [0.15, 0.2) is 0 Å². The van der Waals surface area contributed by atoms with Crippen molar-refractivity contribution >= 4 is 0 Å². The molecule has 0 spiro atoms. The topological polar surface area (TPSA) is 40.5 Å². The molecule has 2 N–H and O–H groups in total. The summed E-state index contributed by atoms with van der Waals surface area (Å²) in [4.78, 5) is 0. The summed E-state index contributed by atoms with van der Waals surface area (Å²) in [6, 6.07) is 0. The normalized spacial score (nSPS) is 29.5. The van der Waals surface area contributed by atoms with E-state index in [1.165, 1.54) is 5.57 Å². The third-order valence-corrected chi connectivity index (χ3v) is 3.55. The molecular weight excluding hydrogens is 188 g/mol. The summed E-state index contributed by atoms with van der Waals surface area (Å²) in [6.07, 6.45) is 4.07. The van der Waals surface area contributed by atoms with Crippen molar-refractivity contribution in [3.8, 4) is 0 Å². The average Bonchev–Trinajstić information content (AvgIpc) is 1.99. The molecule has 3 atom stereocenters. The highest BCUT2D eigenvalue weighted by molar-refractivity contribution is 5.14. The lowest BCUT2D eigenvalue weighted by atomic mass is 9.65. The van der Waals surface area contributed by atoms with Crippen LogP contribution >= 0.6 is 0 Å². The molecule has 0 aromatic carbocycles. The van der Waals surface area contributed by atoms with E-state index >= 15 is 0 Å². The van der Waals surface area contributed by atoms with E-state index in [1.54, 1.807) is 6.92 Å². The Bertz CT molecular complexity index is 241. The Labute approximate surface area is 93.0 Å². The largest absolute Gasteiger partial charge is 0.393 e. The fourth-order valence-electron chi connectivity index (χ4n) is 2.88. The van der Waals surface area contributed by atoms with Gasteiger partial charge < -0.3 is 10.2 Å². The minimum atomic E-state index is -0.425. The summed E-state index contributed by atoms with van der Waals surface area (Å²) >= 11 is 0. The van der Waals surface area contributed by atoms with Crippen LogP contribution in [-0.2, 0) is 0 Å². The molecule has 0 aromatic rings. The van der Waals surface area contributed by atoms with E-state index in [-0.39, 0.29) is 11.3 Å². The monoisotopic (exact) mass is 212 g/mol. The molecule has 1 aliphatic carbocycles. The lowest BCUT2D eigenvalue weighted by Gasteiger charge is -2.41. The number of hydrogen-bond donors (Lipinski definition) is 2. The first kappa shape index (κ1) is 12.7. The van der Waals surface area contributed by atoms with Crippen molar-refractivity contribution < 1.29 is 10.2 Å². The van der Waals surface area contributed by atoms with Gasteiger partial charge in [-0.2, -0.15) is 0 Å². The Morgan fingerprint density at radius 3 is 2.53 bits per heavy atom. The molecule has 0 aliphatic heterocycles. The maximum atomic E-state index is 10.1. The predicted octanol–water partition coefficient (Wildman–Crippen LogP) is 2.50. The first-order valence-corrected chi connectivity index (χ1v) is 5.87. The Morgan fingerprint density at radius 2 is 2.07 bits per heavy atom. The Morgan fingerprint density at radius 1 is 1.47 bits per heavy atom. The van der Waals surface area contributed by atoms with Gasteiger partial charge in [0.05, 0.1) is 12.2 Å². The SMILES string of the molecule is CC1=CCCC(C)(C)[C@H]1[C@@H](O)C[C@@H](C)O. The molecule has 0 saturated heterocycles. The number of rotatable bonds is 3. The van der Waals surface area contributed by atoms with Crippen LogP contribution in [0, 0.1) is 11.3 Å². The van der Waals surface area contributed by atoms with Crippen LogP contribution in [0.4, 0.5) is 0 Å². The molecule has 2 heteroatoms. The van der Waals surface area contributed by atoms with Crippen molar-refractivity contribution in [3.63, 3.8) is 0 Å². The second-order valence-electron chi connectivity index (χ2n) is 5.61. The zero-order valence-electron chi connectivity index (χ0n) is 10.3. The van der Waals surface area contributed by atoms with E-state index in [1.807, 2.05) is 0 Å². The minimum absolute atomic E-state index is 0.146. The Hall–Kier alpha value is -0.340. The summed E-state index contributed by atoms with van der Waals surface area (Å²) in [5, 5.41) is 19.5. The van der Waals surface area contributed by atoms with E-state index in [2.05, 4.69) is 26.8 Å². The van der Waals surface area contributed by atoms with Gasteiger partial charge in [-0.3, -0.25) is 0 Å². The molecule has 0 heterocycles. The third-order valence-electron chi connectivity index (χ3n) is 3.55. The van der Waals surface area contributed by atoms with Crippen LogP contribution in [0.25, 0.3) is 0 Å². The van der Waals surface area contributed by atoms with Crippen molar-refractivity contribution in [2.45, 2.75) is 59.2 Å². The molecule has 0 aromatic heterocycles. The molecule has 0 unspecified atom stereocenters. The van der Waals surface area contributed by atoms with Crippen LogP contribution in [0.5, 0.6) is 0 Å². The summed E-state index contributed by atoms with van der Waals surface area (Å²) in [6.45, 7) is 8.24. The van der Waals surface area contributed by atoms with Crippen LogP contribution in [0.15, 0.2) is 11.6 Å². The molecule has 2 nitrogen and oxygen atoms in total. The third kappa shape index (κ3) is 3.05. The average molecular weight is 212 g/mol. The maximum Gasteiger partial charge on any atom is 0.0635 e. The molecule has 0 radical (unpaired) electrons. The van der Waals surface area contributed by atoms with Crippen LogP contribution in [0.3, 0.4) is 0 Å². The Balaban J connectivity index is 2.79. The highest BCUT2D eigenvalue weighted by atomic mass is 16.3. The standard InChI is InChI=1S/C13H24O2/c1-9-6-5-7-13(3,4)12(9)11(15)8-10(2)14/h6,10-12,14-15H,5,7-8H2,1-4H3/t10-,11+,12-/m1/s1. The first-order valence-electron chi connectivity index (χ1n) is 5.87. The molecule has 1 rings (SSSR count). The molecule has 0 saturated carbocycles. The highest BCUT2D eigenvalue weighted by Crippen LogP contribution is 2.43. The predicted molar refractivity (Wildman–Crippen MR) is 62.6 cm³/mol. The minimum Gasteiger partial charge on any atom is -0.393 e. The molecular formula is C13H24O2. The molecule has 0 bridgehead atoms. The Kier molecular flexibility index (Phi) is 3.96. The lowest BCUT2D eigenvalue weighted by molar-refractivity contribution is 0.0123. The number of aliphatic hydroxyl groups excluding tert-OH is 2. The van der Waals surface area contributed by atoms with Gasteiger partial charge in [0.25, 0.3) is 0 Å². The second kappa shape index (κ2) is 4.67. The second-order valence-corrected chi connectivity index (χ2v) is 5.61. The van der Waals surface area contributed by atoms with Crippen LogP contribution < -0.4 is 0 Å². The number of aliphatic hydroxyl groups is 2. The van der Waals surface area contributed by atoms with Gasteiger partial charge >= 0.3 is 0 Å². The fraction of sp³-hybridized carbons (Fsp3) is 0.846. The molecule has 0 fully saturated rings. The summed E-state index contributed by atoms with van der Waals surface area (Å²) in [5.41, 5.74) is 1.42. The van der Waals surface area contributed by atoms with Gasteiger partial charge in [-0.25, -0.2) is 0 Å². The van der Waals surface area contributed by atoms with E-state index in [9.17, 15) is 10.2 Å². The van der Waals surface area contributed by atoms with Crippen molar-refractivity contribution in [2.24, 2.45) is 11.3 Å². The van der Waals surface area contributed by atoms with Crippen molar-refractivity contribution in [2.75, 3.05) is 0 Å². The summed E-state index contributed by atoms with van der Waals surface area (Å²) < 4.78 is 0. The van der Waals surface area contributed by atoms with E-state index < -0.39 is 12.2 Å². The zero-order valence-corrected chi connectivity index (χ0v) is 10.3. The van der Waals surface area contributed by atoms with Gasteiger partial charge in [0, 0.05) is 5.92 Å². The molecule has 1 aliphatic rings. The maximum absolute atomic E-state index is 10.1. The van der Waals surface area contributed by atoms with Gasteiger partial charge in [-0.05, 0) is 38.5 Å². The van der Waals surface area contributed by atoms with Gasteiger partial charge in [0.2, 0.25) is 0 Å². The van der Waals surface area contributed by atoms with Gasteiger partial charge in [-0.1, -0.05) is 25.5 Å². The van der Waals surface area contributed by atoms with E-state index in [0.717, 1.165) is 12.8 Å². The van der Waals surface area contributed by atoms with E-state index in [0.29, 0.717) is 6.42 Å². The van der Waals surface area contributed by atoms with Crippen LogP contribution in [0.1, 0.15) is 47.0 Å². The molecule has 15 heavy (non-hydrogen) atoms.